The van der Waals surface area contributed by atoms with Gasteiger partial charge in [0, 0.05) is 23.3 Å². The molecule has 1 aliphatic heterocycles. The first-order valence-corrected chi connectivity index (χ1v) is 12.9. The molecule has 2 heterocycles. The van der Waals surface area contributed by atoms with Crippen molar-refractivity contribution in [3.8, 4) is 5.75 Å². The molecule has 6 rings (SSSR count). The number of phenols is 1. The van der Waals surface area contributed by atoms with Crippen molar-refractivity contribution in [3.05, 3.63) is 80.8 Å². The van der Waals surface area contributed by atoms with E-state index in [1.165, 1.54) is 12.1 Å². The molecule has 2 amide bonds. The largest absolute Gasteiger partial charge is 0.507 e. The van der Waals surface area contributed by atoms with Crippen molar-refractivity contribution in [1.82, 2.24) is 0 Å². The van der Waals surface area contributed by atoms with Crippen LogP contribution in [0.2, 0.25) is 0 Å². The molecule has 2 aromatic rings. The van der Waals surface area contributed by atoms with E-state index in [9.17, 15) is 39.3 Å². The van der Waals surface area contributed by atoms with E-state index >= 15 is 0 Å². The maximum atomic E-state index is 13.8. The van der Waals surface area contributed by atoms with E-state index in [1.807, 2.05) is 6.08 Å². The number of carbonyl (C=O) groups is 5. The number of hydrogen-bond donors (Lipinski definition) is 3. The Morgan fingerprint density at radius 3 is 2.51 bits per heavy atom. The number of rotatable bonds is 4. The van der Waals surface area contributed by atoms with Crippen molar-refractivity contribution >= 4 is 51.0 Å². The number of fused-ring (bicyclic) bond motifs is 3. The van der Waals surface area contributed by atoms with Gasteiger partial charge in [0.05, 0.1) is 27.9 Å². The molecule has 4 aliphatic rings. The van der Waals surface area contributed by atoms with E-state index in [0.717, 1.165) is 17.0 Å². The number of carboxylic acids is 1. The Morgan fingerprint density at radius 1 is 1.08 bits per heavy atom. The van der Waals surface area contributed by atoms with E-state index in [4.69, 9.17) is 4.42 Å². The van der Waals surface area contributed by atoms with Gasteiger partial charge in [0.15, 0.2) is 11.6 Å². The van der Waals surface area contributed by atoms with Crippen LogP contribution in [0.1, 0.15) is 40.6 Å². The van der Waals surface area contributed by atoms with Gasteiger partial charge < -0.3 is 19.7 Å². The first kappa shape index (κ1) is 25.2. The number of aromatic carboxylic acids is 1. The molecule has 39 heavy (non-hydrogen) atoms. The smallest absolute Gasteiger partial charge is 0.339 e. The zero-order valence-corrected chi connectivity index (χ0v) is 21.7. The molecule has 4 atom stereocenters. The van der Waals surface area contributed by atoms with Crippen molar-refractivity contribution < 1.29 is 43.7 Å². The van der Waals surface area contributed by atoms with Crippen molar-refractivity contribution in [1.29, 1.82) is 0 Å². The lowest BCUT2D eigenvalue weighted by molar-refractivity contribution is -0.123. The average Bonchev–Trinajstić information content (AvgIpc) is 3.48. The number of ketones is 2. The van der Waals surface area contributed by atoms with Crippen molar-refractivity contribution in [2.75, 3.05) is 4.90 Å². The first-order valence-electron chi connectivity index (χ1n) is 12.1. The lowest BCUT2D eigenvalue weighted by atomic mass is 9.60. The molecule has 1 fully saturated rings. The zero-order chi connectivity index (χ0) is 27.7. The number of carbonyl (C=O) groups excluding carboxylic acids is 4. The van der Waals surface area contributed by atoms with Crippen LogP contribution in [0.15, 0.2) is 68.1 Å². The standard InChI is InChI=1S/C28H20BrNO9/c29-18-9-20(33)23-17(25(18)34)8-16-13(24(23)21-6-2-12(10-31)39-21)4-5-15-22(16)27(36)30(26(15)35)11-1-3-14(28(37)38)19(32)7-11/h1-4,6-7,9,15-16,22,24,31-32H,5,8,10H2,(H,37,38). The molecule has 0 bridgehead atoms. The van der Waals surface area contributed by atoms with E-state index < -0.39 is 47.2 Å². The Bertz CT molecular complexity index is 1610. The number of amides is 2. The number of aliphatic hydroxyl groups is 1. The van der Waals surface area contributed by atoms with Gasteiger partial charge in [-0.05, 0) is 59.0 Å². The van der Waals surface area contributed by atoms with Gasteiger partial charge in [0.25, 0.3) is 0 Å². The molecule has 0 spiro atoms. The molecule has 3 N–H and O–H groups in total. The molecular formula is C28H20BrNO9. The number of nitrogens with zero attached hydrogens (tertiary/aromatic N) is 1. The van der Waals surface area contributed by atoms with Crippen LogP contribution in [0.5, 0.6) is 5.75 Å². The molecule has 1 aromatic heterocycles. The maximum Gasteiger partial charge on any atom is 0.339 e. The minimum Gasteiger partial charge on any atom is -0.507 e. The van der Waals surface area contributed by atoms with Gasteiger partial charge in [-0.15, -0.1) is 0 Å². The summed E-state index contributed by atoms with van der Waals surface area (Å²) in [5.41, 5.74) is 0.864. The normalized spacial score (nSPS) is 26.3. The summed E-state index contributed by atoms with van der Waals surface area (Å²) in [6.45, 7) is -0.362. The molecule has 1 aromatic carbocycles. The van der Waals surface area contributed by atoms with E-state index in [2.05, 4.69) is 15.9 Å². The number of halogens is 1. The van der Waals surface area contributed by atoms with Gasteiger partial charge in [0.1, 0.15) is 29.4 Å². The molecule has 4 unspecified atom stereocenters. The number of Topliss-reactive ketones (excluding diaryl/α,β-unsaturated/α-hetero) is 1. The predicted molar refractivity (Wildman–Crippen MR) is 137 cm³/mol. The number of aromatic hydroxyl groups is 1. The number of hydrogen-bond acceptors (Lipinski definition) is 8. The fourth-order valence-electron chi connectivity index (χ4n) is 6.26. The number of benzene rings is 1. The van der Waals surface area contributed by atoms with Crippen molar-refractivity contribution in [2.24, 2.45) is 17.8 Å². The Balaban J connectivity index is 1.45. The molecule has 0 radical (unpaired) electrons. The molecule has 11 heteroatoms. The highest BCUT2D eigenvalue weighted by Crippen LogP contribution is 2.55. The van der Waals surface area contributed by atoms with Gasteiger partial charge in [-0.2, -0.15) is 0 Å². The highest BCUT2D eigenvalue weighted by atomic mass is 79.9. The summed E-state index contributed by atoms with van der Waals surface area (Å²) >= 11 is 3.17. The number of carboxylic acid groups (broad SMARTS) is 1. The van der Waals surface area contributed by atoms with Crippen LogP contribution in [-0.2, 0) is 25.8 Å². The highest BCUT2D eigenvalue weighted by Gasteiger charge is 2.57. The molecule has 1 saturated heterocycles. The lowest BCUT2D eigenvalue weighted by Gasteiger charge is -2.41. The molecule has 0 saturated carbocycles. The summed E-state index contributed by atoms with van der Waals surface area (Å²) in [6.07, 6.45) is 3.31. The Hall–Kier alpha value is -4.09. The third-order valence-electron chi connectivity index (χ3n) is 7.92. The SMILES string of the molecule is O=C1C=C(Br)C(=O)C2=C1C(c1ccc(CO)o1)C1=CCC3C(=O)N(c4ccc(C(=O)O)c(O)c4)C(=O)C3C1C2. The summed E-state index contributed by atoms with van der Waals surface area (Å²) in [5, 5.41) is 28.9. The summed E-state index contributed by atoms with van der Waals surface area (Å²) < 4.78 is 5.92. The highest BCUT2D eigenvalue weighted by molar-refractivity contribution is 9.12. The van der Waals surface area contributed by atoms with Gasteiger partial charge >= 0.3 is 5.97 Å². The van der Waals surface area contributed by atoms with Crippen LogP contribution in [0.25, 0.3) is 0 Å². The quantitative estimate of drug-likeness (QED) is 0.274. The third kappa shape index (κ3) is 3.68. The monoisotopic (exact) mass is 593 g/mol. The summed E-state index contributed by atoms with van der Waals surface area (Å²) in [4.78, 5) is 66.0. The molecule has 198 valence electrons. The van der Waals surface area contributed by atoms with Gasteiger partial charge in [-0.1, -0.05) is 11.6 Å². The maximum absolute atomic E-state index is 13.8. The van der Waals surface area contributed by atoms with Crippen LogP contribution in [-0.4, -0.2) is 44.7 Å². The van der Waals surface area contributed by atoms with Crippen molar-refractivity contribution in [3.63, 3.8) is 0 Å². The second-order valence-corrected chi connectivity index (χ2v) is 10.7. The van der Waals surface area contributed by atoms with Crippen molar-refractivity contribution in [2.45, 2.75) is 25.4 Å². The van der Waals surface area contributed by atoms with Crippen LogP contribution >= 0.6 is 15.9 Å². The topological polar surface area (TPSA) is 162 Å². The minimum atomic E-state index is -1.35. The summed E-state index contributed by atoms with van der Waals surface area (Å²) in [6, 6.07) is 6.69. The second-order valence-electron chi connectivity index (χ2n) is 9.87. The molecule has 10 nitrogen and oxygen atoms in total. The van der Waals surface area contributed by atoms with E-state index in [1.54, 1.807) is 12.1 Å². The Kier molecular flexibility index (Phi) is 5.81. The number of furan rings is 1. The van der Waals surface area contributed by atoms with E-state index in [0.29, 0.717) is 11.3 Å². The predicted octanol–water partition coefficient (Wildman–Crippen LogP) is 3.14. The van der Waals surface area contributed by atoms with Crippen LogP contribution < -0.4 is 4.90 Å². The Labute approximate surface area is 229 Å². The van der Waals surface area contributed by atoms with Crippen LogP contribution in [0, 0.1) is 17.8 Å². The number of allylic oxidation sites excluding steroid dienone is 6. The van der Waals surface area contributed by atoms with Gasteiger partial charge in [-0.3, -0.25) is 19.2 Å². The van der Waals surface area contributed by atoms with Gasteiger partial charge in [-0.25, -0.2) is 9.69 Å². The number of imide groups is 1. The number of aliphatic hydroxyl groups excluding tert-OH is 1. The fraction of sp³-hybridized carbons (Fsp3) is 0.250. The third-order valence-corrected chi connectivity index (χ3v) is 8.51. The molecule has 3 aliphatic carbocycles. The zero-order valence-electron chi connectivity index (χ0n) is 20.1. The first-order chi connectivity index (χ1) is 18.6. The van der Waals surface area contributed by atoms with Crippen LogP contribution in [0.4, 0.5) is 5.69 Å². The lowest BCUT2D eigenvalue weighted by Crippen LogP contribution is -2.39. The molecular weight excluding hydrogens is 574 g/mol. The van der Waals surface area contributed by atoms with Gasteiger partial charge in [0.2, 0.25) is 11.8 Å². The van der Waals surface area contributed by atoms with E-state index in [-0.39, 0.29) is 63.7 Å². The second kappa shape index (κ2) is 8.99. The fourth-order valence-corrected chi connectivity index (χ4v) is 6.71. The number of anilines is 1. The van der Waals surface area contributed by atoms with Crippen LogP contribution in [0.3, 0.4) is 0 Å². The minimum absolute atomic E-state index is 0.0453. The Morgan fingerprint density at radius 2 is 1.85 bits per heavy atom. The average molecular weight is 594 g/mol. The summed E-state index contributed by atoms with van der Waals surface area (Å²) in [5.74, 6) is -6.06. The summed E-state index contributed by atoms with van der Waals surface area (Å²) in [7, 11) is 0.